The number of fused-ring (bicyclic) bond motifs is 2. The van der Waals surface area contributed by atoms with E-state index in [-0.39, 0.29) is 0 Å². The van der Waals surface area contributed by atoms with E-state index in [1.165, 1.54) is 27.5 Å². The Morgan fingerprint density at radius 3 is 1.68 bits per heavy atom. The molecule has 0 bridgehead atoms. The van der Waals surface area contributed by atoms with Gasteiger partial charge in [0.1, 0.15) is 0 Å². The summed E-state index contributed by atoms with van der Waals surface area (Å²) in [6.07, 6.45) is 0. The van der Waals surface area contributed by atoms with Crippen LogP contribution in [0.1, 0.15) is 0 Å². The Kier molecular flexibility index (Phi) is 5.26. The molecule has 6 aromatic rings. The summed E-state index contributed by atoms with van der Waals surface area (Å²) in [6.45, 7) is 0. The molecule has 0 amide bonds. The van der Waals surface area contributed by atoms with E-state index in [9.17, 15) is 4.57 Å². The first kappa shape index (κ1) is 20.5. The fourth-order valence-corrected chi connectivity index (χ4v) is 5.58. The van der Waals surface area contributed by atoms with Gasteiger partial charge in [0.25, 0.3) is 0 Å². The number of rotatable bonds is 4. The smallest absolute Gasteiger partial charge is 0.0707 e. The van der Waals surface area contributed by atoms with E-state index in [0.717, 1.165) is 32.8 Å². The molecule has 0 aliphatic rings. The molecule has 0 fully saturated rings. The van der Waals surface area contributed by atoms with Crippen LogP contribution in [0.3, 0.4) is 0 Å². The molecule has 0 radical (unpaired) electrons. The van der Waals surface area contributed by atoms with Gasteiger partial charge in [-0.25, -0.2) is 0 Å². The van der Waals surface area contributed by atoms with Crippen molar-refractivity contribution in [3.8, 4) is 33.4 Å². The fraction of sp³-hybridized carbons (Fsp3) is 0. The van der Waals surface area contributed by atoms with Gasteiger partial charge >= 0.3 is 8.46 Å². The van der Waals surface area contributed by atoms with E-state index < -0.39 is 8.46 Å². The lowest BCUT2D eigenvalue weighted by molar-refractivity contribution is 0.603. The highest BCUT2D eigenvalue weighted by Gasteiger charge is 2.24. The van der Waals surface area contributed by atoms with Gasteiger partial charge < -0.3 is 0 Å². The van der Waals surface area contributed by atoms with Crippen LogP contribution < -0.4 is 5.30 Å². The summed E-state index contributed by atoms with van der Waals surface area (Å²) in [5, 5.41) is 5.50. The number of benzene rings is 6. The highest BCUT2D eigenvalue weighted by atomic mass is 31.1. The van der Waals surface area contributed by atoms with Crippen molar-refractivity contribution >= 4 is 35.3 Å². The van der Waals surface area contributed by atoms with Crippen molar-refractivity contribution in [1.82, 2.24) is 0 Å². The second kappa shape index (κ2) is 8.71. The molecule has 34 heavy (non-hydrogen) atoms. The van der Waals surface area contributed by atoms with Crippen LogP contribution in [0.15, 0.2) is 127 Å². The summed E-state index contributed by atoms with van der Waals surface area (Å²) in [6, 6.07) is 44.4. The van der Waals surface area contributed by atoms with Gasteiger partial charge in [0, 0.05) is 11.1 Å². The maximum absolute atomic E-state index is 12.6. The van der Waals surface area contributed by atoms with Crippen LogP contribution >= 0.6 is 8.46 Å². The van der Waals surface area contributed by atoms with E-state index >= 15 is 0 Å². The molecule has 160 valence electrons. The minimum atomic E-state index is -0.551. The third kappa shape index (κ3) is 3.43. The Bertz CT molecular complexity index is 1650. The molecule has 6 aromatic carbocycles. The van der Waals surface area contributed by atoms with E-state index in [4.69, 9.17) is 0 Å². The second-order valence-electron chi connectivity index (χ2n) is 8.44. The van der Waals surface area contributed by atoms with E-state index in [1.807, 2.05) is 30.3 Å². The zero-order valence-electron chi connectivity index (χ0n) is 18.5. The van der Waals surface area contributed by atoms with Gasteiger partial charge in [-0.3, -0.25) is 0 Å². The minimum absolute atomic E-state index is 0.551. The Labute approximate surface area is 200 Å². The van der Waals surface area contributed by atoms with Gasteiger partial charge in [-0.1, -0.05) is 126 Å². The standard InChI is InChI=1S/C32H21OP/c33-34-29-21-25-16-8-10-18-27(25)32(30(29)24-14-5-2-6-15-24)31-26-17-9-7-13-23(26)19-20-28(31)22-11-3-1-4-12-22/h1-21H/p+1. The van der Waals surface area contributed by atoms with Gasteiger partial charge in [-0.15, -0.1) is 0 Å². The van der Waals surface area contributed by atoms with Gasteiger partial charge in [-0.05, 0) is 49.9 Å². The van der Waals surface area contributed by atoms with Crippen molar-refractivity contribution in [1.29, 1.82) is 0 Å². The molecule has 0 saturated heterocycles. The lowest BCUT2D eigenvalue weighted by Crippen LogP contribution is -2.03. The third-order valence-corrected chi connectivity index (χ3v) is 7.10. The highest BCUT2D eigenvalue weighted by Crippen LogP contribution is 2.45. The number of hydrogen-bond donors (Lipinski definition) is 0. The minimum Gasteiger partial charge on any atom is -0.0707 e. The first-order valence-electron chi connectivity index (χ1n) is 11.4. The lowest BCUT2D eigenvalue weighted by Gasteiger charge is -2.20. The van der Waals surface area contributed by atoms with Crippen LogP contribution in [0.2, 0.25) is 0 Å². The zero-order valence-corrected chi connectivity index (χ0v) is 19.5. The molecule has 0 spiro atoms. The van der Waals surface area contributed by atoms with Crippen LogP contribution in [-0.2, 0) is 4.57 Å². The van der Waals surface area contributed by atoms with Crippen LogP contribution in [0.5, 0.6) is 0 Å². The predicted molar refractivity (Wildman–Crippen MR) is 146 cm³/mol. The maximum Gasteiger partial charge on any atom is 0.363 e. The molecule has 0 saturated carbocycles. The van der Waals surface area contributed by atoms with Crippen LogP contribution in [-0.4, -0.2) is 0 Å². The lowest BCUT2D eigenvalue weighted by atomic mass is 9.83. The highest BCUT2D eigenvalue weighted by molar-refractivity contribution is 7.34. The molecule has 1 unspecified atom stereocenters. The van der Waals surface area contributed by atoms with Crippen molar-refractivity contribution in [2.45, 2.75) is 0 Å². The molecule has 1 nitrogen and oxygen atoms in total. The van der Waals surface area contributed by atoms with E-state index in [1.54, 1.807) is 0 Å². The SMILES string of the molecule is O=[PH+]c1cc2ccccc2c(-c2c(-c3ccccc3)ccc3ccccc23)c1-c1ccccc1. The normalized spacial score (nSPS) is 11.3. The Balaban J connectivity index is 1.87. The number of hydrogen-bond acceptors (Lipinski definition) is 1. The maximum atomic E-state index is 12.6. The molecule has 0 aliphatic heterocycles. The predicted octanol–water partition coefficient (Wildman–Crippen LogP) is 8.64. The summed E-state index contributed by atoms with van der Waals surface area (Å²) in [5.74, 6) is 0. The summed E-state index contributed by atoms with van der Waals surface area (Å²) >= 11 is 0. The van der Waals surface area contributed by atoms with E-state index in [2.05, 4.69) is 97.1 Å². The average molecular weight is 454 g/mol. The molecule has 0 N–H and O–H groups in total. The summed E-state index contributed by atoms with van der Waals surface area (Å²) in [5.41, 5.74) is 6.78. The molecule has 0 aromatic heterocycles. The van der Waals surface area contributed by atoms with Crippen molar-refractivity contribution in [3.05, 3.63) is 127 Å². The van der Waals surface area contributed by atoms with Crippen molar-refractivity contribution in [2.75, 3.05) is 0 Å². The van der Waals surface area contributed by atoms with E-state index in [0.29, 0.717) is 0 Å². The second-order valence-corrected chi connectivity index (χ2v) is 9.18. The largest absolute Gasteiger partial charge is 0.363 e. The average Bonchev–Trinajstić information content (AvgIpc) is 2.92. The molecular formula is C32H22OP+. The summed E-state index contributed by atoms with van der Waals surface area (Å²) in [4.78, 5) is 0. The third-order valence-electron chi connectivity index (χ3n) is 6.49. The Morgan fingerprint density at radius 1 is 0.441 bits per heavy atom. The molecule has 0 heterocycles. The van der Waals surface area contributed by atoms with Crippen molar-refractivity contribution in [3.63, 3.8) is 0 Å². The van der Waals surface area contributed by atoms with Gasteiger partial charge in [0.05, 0.1) is 0 Å². The van der Waals surface area contributed by atoms with Crippen molar-refractivity contribution < 1.29 is 4.57 Å². The summed E-state index contributed by atoms with van der Waals surface area (Å²) < 4.78 is 12.6. The molecule has 6 rings (SSSR count). The quantitative estimate of drug-likeness (QED) is 0.244. The van der Waals surface area contributed by atoms with Gasteiger partial charge in [0.2, 0.25) is 0 Å². The van der Waals surface area contributed by atoms with Crippen LogP contribution in [0.4, 0.5) is 0 Å². The monoisotopic (exact) mass is 453 g/mol. The molecule has 2 heteroatoms. The van der Waals surface area contributed by atoms with Crippen LogP contribution in [0.25, 0.3) is 54.9 Å². The Hall–Kier alpha value is -4.06. The van der Waals surface area contributed by atoms with Gasteiger partial charge in [0.15, 0.2) is 5.30 Å². The molecular weight excluding hydrogens is 431 g/mol. The summed E-state index contributed by atoms with van der Waals surface area (Å²) in [7, 11) is -0.551. The van der Waals surface area contributed by atoms with Crippen LogP contribution in [0, 0.1) is 0 Å². The Morgan fingerprint density at radius 2 is 1.00 bits per heavy atom. The van der Waals surface area contributed by atoms with Gasteiger partial charge in [-0.2, -0.15) is 0 Å². The first-order chi connectivity index (χ1) is 16.8. The van der Waals surface area contributed by atoms with Crippen molar-refractivity contribution in [2.24, 2.45) is 0 Å². The fourth-order valence-electron chi connectivity index (χ4n) is 4.99. The zero-order chi connectivity index (χ0) is 22.9. The first-order valence-corrected chi connectivity index (χ1v) is 12.3. The molecule has 1 atom stereocenters. The molecule has 0 aliphatic carbocycles. The topological polar surface area (TPSA) is 17.1 Å².